The minimum Gasteiger partial charge on any atom is -0.351 e. The number of hydrogen-bond donors (Lipinski definition) is 2. The minimum absolute atomic E-state index is 0.0177. The molecule has 0 fully saturated rings. The van der Waals surface area contributed by atoms with E-state index in [1.54, 1.807) is 12.1 Å². The van der Waals surface area contributed by atoms with Crippen LogP contribution in [0.15, 0.2) is 30.3 Å². The highest BCUT2D eigenvalue weighted by Crippen LogP contribution is 1.96. The average Bonchev–Trinajstić information content (AvgIpc) is 2.33. The molecule has 15 heavy (non-hydrogen) atoms. The molecule has 0 spiro atoms. The standard InChI is InChI=1S/C10H14N2O.CH2O/c1-11-7-8-12-10(13)9-5-3-2-4-6-9;1-2/h2-6,11H,7-8H2,1H3,(H,12,13);1H2. The fraction of sp³-hybridized carbons (Fsp3) is 0.273. The molecular formula is C11H16N2O2. The van der Waals surface area contributed by atoms with Crippen LogP contribution in [0.1, 0.15) is 10.4 Å². The van der Waals surface area contributed by atoms with E-state index < -0.39 is 0 Å². The summed E-state index contributed by atoms with van der Waals surface area (Å²) in [6.45, 7) is 3.45. The van der Waals surface area contributed by atoms with E-state index in [1.807, 2.05) is 32.0 Å². The average molecular weight is 208 g/mol. The van der Waals surface area contributed by atoms with Gasteiger partial charge in [-0.15, -0.1) is 0 Å². The summed E-state index contributed by atoms with van der Waals surface area (Å²) in [5.41, 5.74) is 0.707. The van der Waals surface area contributed by atoms with Gasteiger partial charge in [-0.25, -0.2) is 0 Å². The number of carbonyl (C=O) groups excluding carboxylic acids is 2. The first kappa shape index (κ1) is 13.3. The number of benzene rings is 1. The molecule has 0 heterocycles. The highest BCUT2D eigenvalue weighted by Gasteiger charge is 2.01. The van der Waals surface area contributed by atoms with E-state index in [9.17, 15) is 4.79 Å². The van der Waals surface area contributed by atoms with Gasteiger partial charge in [0.25, 0.3) is 5.91 Å². The predicted molar refractivity (Wildman–Crippen MR) is 59.8 cm³/mol. The molecule has 1 amide bonds. The molecule has 0 atom stereocenters. The van der Waals surface area contributed by atoms with Crippen molar-refractivity contribution in [2.24, 2.45) is 0 Å². The topological polar surface area (TPSA) is 58.2 Å². The second kappa shape index (κ2) is 8.90. The summed E-state index contributed by atoms with van der Waals surface area (Å²) in [4.78, 5) is 19.4. The smallest absolute Gasteiger partial charge is 0.251 e. The Morgan fingerprint density at radius 2 is 1.80 bits per heavy atom. The van der Waals surface area contributed by atoms with Crippen LogP contribution in [-0.2, 0) is 4.79 Å². The van der Waals surface area contributed by atoms with Crippen LogP contribution in [-0.4, -0.2) is 32.8 Å². The van der Waals surface area contributed by atoms with Crippen molar-refractivity contribution in [3.05, 3.63) is 35.9 Å². The Morgan fingerprint density at radius 1 is 1.20 bits per heavy atom. The largest absolute Gasteiger partial charge is 0.351 e. The van der Waals surface area contributed by atoms with Crippen molar-refractivity contribution >= 4 is 12.7 Å². The molecule has 2 N–H and O–H groups in total. The first-order valence-electron chi connectivity index (χ1n) is 4.61. The molecule has 0 radical (unpaired) electrons. The normalized spacial score (nSPS) is 8.60. The van der Waals surface area contributed by atoms with E-state index in [1.165, 1.54) is 0 Å². The van der Waals surface area contributed by atoms with Gasteiger partial charge < -0.3 is 15.4 Å². The Balaban J connectivity index is 0.000000921. The third kappa shape index (κ3) is 5.59. The van der Waals surface area contributed by atoms with Crippen molar-refractivity contribution in [3.8, 4) is 0 Å². The molecule has 0 aromatic heterocycles. The van der Waals surface area contributed by atoms with E-state index >= 15 is 0 Å². The lowest BCUT2D eigenvalue weighted by molar-refractivity contribution is -0.0979. The van der Waals surface area contributed by atoms with E-state index in [-0.39, 0.29) is 5.91 Å². The molecule has 1 aromatic carbocycles. The molecule has 0 saturated carbocycles. The number of carbonyl (C=O) groups is 2. The second-order valence-electron chi connectivity index (χ2n) is 2.73. The Kier molecular flexibility index (Phi) is 7.90. The van der Waals surface area contributed by atoms with E-state index in [0.29, 0.717) is 12.1 Å². The van der Waals surface area contributed by atoms with E-state index in [4.69, 9.17) is 4.79 Å². The van der Waals surface area contributed by atoms with Crippen molar-refractivity contribution in [1.82, 2.24) is 10.6 Å². The van der Waals surface area contributed by atoms with Crippen LogP contribution in [0.3, 0.4) is 0 Å². The van der Waals surface area contributed by atoms with Gasteiger partial charge in [0, 0.05) is 18.7 Å². The van der Waals surface area contributed by atoms with E-state index in [0.717, 1.165) is 6.54 Å². The fourth-order valence-corrected chi connectivity index (χ4v) is 0.993. The highest BCUT2D eigenvalue weighted by atomic mass is 16.1. The number of amides is 1. The zero-order chi connectivity index (χ0) is 11.5. The Morgan fingerprint density at radius 3 is 2.33 bits per heavy atom. The van der Waals surface area contributed by atoms with Gasteiger partial charge in [0.2, 0.25) is 0 Å². The van der Waals surface area contributed by atoms with Crippen LogP contribution in [0, 0.1) is 0 Å². The molecule has 1 aromatic rings. The summed E-state index contributed by atoms with van der Waals surface area (Å²) in [6.07, 6.45) is 0. The molecule has 0 saturated heterocycles. The quantitative estimate of drug-likeness (QED) is 0.706. The lowest BCUT2D eigenvalue weighted by Gasteiger charge is -2.03. The molecule has 0 aliphatic rings. The van der Waals surface area contributed by atoms with Crippen LogP contribution < -0.4 is 10.6 Å². The second-order valence-corrected chi connectivity index (χ2v) is 2.73. The number of rotatable bonds is 4. The third-order valence-corrected chi connectivity index (χ3v) is 1.70. The van der Waals surface area contributed by atoms with Gasteiger partial charge in [-0.3, -0.25) is 4.79 Å². The lowest BCUT2D eigenvalue weighted by atomic mass is 10.2. The fourth-order valence-electron chi connectivity index (χ4n) is 0.993. The maximum absolute atomic E-state index is 11.4. The van der Waals surface area contributed by atoms with Gasteiger partial charge in [-0.2, -0.15) is 0 Å². The number of likely N-dealkylation sites (N-methyl/N-ethyl adjacent to an activating group) is 1. The summed E-state index contributed by atoms with van der Waals surface area (Å²) in [5, 5.41) is 5.76. The third-order valence-electron chi connectivity index (χ3n) is 1.70. The van der Waals surface area contributed by atoms with Crippen LogP contribution in [0.5, 0.6) is 0 Å². The van der Waals surface area contributed by atoms with Gasteiger partial charge >= 0.3 is 0 Å². The Labute approximate surface area is 89.7 Å². The molecule has 1 rings (SSSR count). The molecule has 82 valence electrons. The maximum atomic E-state index is 11.4. The van der Waals surface area contributed by atoms with Crippen LogP contribution in [0.4, 0.5) is 0 Å². The van der Waals surface area contributed by atoms with Crippen molar-refractivity contribution in [2.75, 3.05) is 20.1 Å². The zero-order valence-electron chi connectivity index (χ0n) is 8.82. The number of hydrogen-bond acceptors (Lipinski definition) is 3. The highest BCUT2D eigenvalue weighted by molar-refractivity contribution is 5.94. The molecule has 0 bridgehead atoms. The van der Waals surface area contributed by atoms with Crippen molar-refractivity contribution < 1.29 is 9.59 Å². The van der Waals surface area contributed by atoms with Crippen LogP contribution in [0.25, 0.3) is 0 Å². The number of nitrogens with one attached hydrogen (secondary N) is 2. The summed E-state index contributed by atoms with van der Waals surface area (Å²) < 4.78 is 0. The molecule has 0 aliphatic carbocycles. The summed E-state index contributed by atoms with van der Waals surface area (Å²) in [7, 11) is 1.86. The van der Waals surface area contributed by atoms with Gasteiger partial charge in [0.1, 0.15) is 6.79 Å². The van der Waals surface area contributed by atoms with Crippen molar-refractivity contribution in [3.63, 3.8) is 0 Å². The van der Waals surface area contributed by atoms with Crippen LogP contribution >= 0.6 is 0 Å². The molecular weight excluding hydrogens is 192 g/mol. The molecule has 0 unspecified atom stereocenters. The van der Waals surface area contributed by atoms with E-state index in [2.05, 4.69) is 10.6 Å². The maximum Gasteiger partial charge on any atom is 0.251 e. The first-order chi connectivity index (χ1) is 7.34. The van der Waals surface area contributed by atoms with Crippen molar-refractivity contribution in [2.45, 2.75) is 0 Å². The molecule has 4 nitrogen and oxygen atoms in total. The zero-order valence-corrected chi connectivity index (χ0v) is 8.82. The van der Waals surface area contributed by atoms with Gasteiger partial charge in [-0.1, -0.05) is 18.2 Å². The summed E-state index contributed by atoms with van der Waals surface area (Å²) in [5.74, 6) is -0.0177. The summed E-state index contributed by atoms with van der Waals surface area (Å²) in [6, 6.07) is 9.20. The Hall–Kier alpha value is -1.68. The van der Waals surface area contributed by atoms with Gasteiger partial charge in [-0.05, 0) is 19.2 Å². The molecule has 0 aliphatic heterocycles. The van der Waals surface area contributed by atoms with Crippen molar-refractivity contribution in [1.29, 1.82) is 0 Å². The molecule has 4 heteroatoms. The lowest BCUT2D eigenvalue weighted by Crippen LogP contribution is -2.30. The van der Waals surface area contributed by atoms with Crippen LogP contribution in [0.2, 0.25) is 0 Å². The first-order valence-corrected chi connectivity index (χ1v) is 4.61. The van der Waals surface area contributed by atoms with Gasteiger partial charge in [0.15, 0.2) is 0 Å². The predicted octanol–water partition coefficient (Wildman–Crippen LogP) is 0.451. The SMILES string of the molecule is C=O.CNCCNC(=O)c1ccccc1. The monoisotopic (exact) mass is 208 g/mol. The van der Waals surface area contributed by atoms with Gasteiger partial charge in [0.05, 0.1) is 0 Å². The Bertz CT molecular complexity index is 275. The summed E-state index contributed by atoms with van der Waals surface area (Å²) >= 11 is 0. The minimum atomic E-state index is -0.0177.